The number of anilines is 1. The molecule has 1 aliphatic rings. The van der Waals surface area contributed by atoms with Gasteiger partial charge in [0.05, 0.1) is 4.90 Å². The molecular weight excluding hydrogens is 402 g/mol. The molecule has 2 aromatic rings. The van der Waals surface area contributed by atoms with E-state index in [0.29, 0.717) is 11.3 Å². The summed E-state index contributed by atoms with van der Waals surface area (Å²) in [6.45, 7) is 3.76. The van der Waals surface area contributed by atoms with E-state index in [0.717, 1.165) is 25.7 Å². The molecule has 160 valence electrons. The van der Waals surface area contributed by atoms with Gasteiger partial charge in [0.2, 0.25) is 10.0 Å². The molecule has 1 fully saturated rings. The van der Waals surface area contributed by atoms with Gasteiger partial charge in [0.15, 0.2) is 0 Å². The van der Waals surface area contributed by atoms with Crippen molar-refractivity contribution in [2.45, 2.75) is 56.5 Å². The van der Waals surface area contributed by atoms with Gasteiger partial charge in [-0.15, -0.1) is 0 Å². The number of hydrogen-bond acceptors (Lipinski definition) is 4. The highest BCUT2D eigenvalue weighted by atomic mass is 32.2. The molecule has 0 heterocycles. The van der Waals surface area contributed by atoms with Crippen molar-refractivity contribution < 1.29 is 18.0 Å². The molecule has 2 aromatic carbocycles. The molecule has 0 atom stereocenters. The number of amides is 2. The average Bonchev–Trinajstić information content (AvgIpc) is 3.20. The van der Waals surface area contributed by atoms with E-state index in [9.17, 15) is 18.0 Å². The second-order valence-corrected chi connectivity index (χ2v) is 9.50. The van der Waals surface area contributed by atoms with E-state index in [1.54, 1.807) is 36.4 Å². The van der Waals surface area contributed by atoms with Crippen LogP contribution in [0.25, 0.3) is 0 Å². The van der Waals surface area contributed by atoms with Crippen molar-refractivity contribution >= 4 is 27.5 Å². The quantitative estimate of drug-likeness (QED) is 0.628. The first-order valence-corrected chi connectivity index (χ1v) is 11.6. The van der Waals surface area contributed by atoms with Gasteiger partial charge < -0.3 is 10.6 Å². The Hall–Kier alpha value is -2.71. The molecule has 0 spiro atoms. The first-order chi connectivity index (χ1) is 14.2. The van der Waals surface area contributed by atoms with Crippen LogP contribution in [0.15, 0.2) is 53.4 Å². The lowest BCUT2D eigenvalue weighted by Gasteiger charge is -2.13. The van der Waals surface area contributed by atoms with E-state index in [-0.39, 0.29) is 28.4 Å². The van der Waals surface area contributed by atoms with Crippen LogP contribution < -0.4 is 15.4 Å². The van der Waals surface area contributed by atoms with Crippen LogP contribution in [0.2, 0.25) is 0 Å². The van der Waals surface area contributed by atoms with Gasteiger partial charge in [-0.2, -0.15) is 0 Å². The molecule has 0 saturated heterocycles. The predicted octanol–water partition coefficient (Wildman–Crippen LogP) is 3.30. The van der Waals surface area contributed by atoms with Gasteiger partial charge in [-0.25, -0.2) is 13.1 Å². The Morgan fingerprint density at radius 2 is 1.60 bits per heavy atom. The maximum atomic E-state index is 12.6. The smallest absolute Gasteiger partial charge is 0.255 e. The average molecular weight is 430 g/mol. The van der Waals surface area contributed by atoms with Gasteiger partial charge in [-0.05, 0) is 69.2 Å². The highest BCUT2D eigenvalue weighted by Gasteiger charge is 2.23. The lowest BCUT2D eigenvalue weighted by Crippen LogP contribution is -2.32. The number of carbonyl (C=O) groups excluding carboxylic acids is 2. The van der Waals surface area contributed by atoms with Crippen molar-refractivity contribution in [3.8, 4) is 0 Å². The maximum absolute atomic E-state index is 12.6. The van der Waals surface area contributed by atoms with E-state index in [2.05, 4.69) is 15.4 Å². The third-order valence-corrected chi connectivity index (χ3v) is 6.43. The topological polar surface area (TPSA) is 104 Å². The van der Waals surface area contributed by atoms with Gasteiger partial charge >= 0.3 is 0 Å². The van der Waals surface area contributed by atoms with E-state index in [4.69, 9.17) is 0 Å². The molecule has 3 N–H and O–H groups in total. The standard InChI is InChI=1S/C22H27N3O4S/c1-15(2)23-21(26)16-10-12-18(13-11-16)24-22(27)17-6-5-9-20(14-17)30(28,29)25-19-7-3-4-8-19/h5-6,9-15,19,25H,3-4,7-8H2,1-2H3,(H,23,26)(H,24,27). The van der Waals surface area contributed by atoms with Crippen molar-refractivity contribution in [3.63, 3.8) is 0 Å². The second-order valence-electron chi connectivity index (χ2n) is 7.79. The summed E-state index contributed by atoms with van der Waals surface area (Å²) in [5.74, 6) is -0.608. The van der Waals surface area contributed by atoms with Crippen LogP contribution in [0.3, 0.4) is 0 Å². The van der Waals surface area contributed by atoms with E-state index < -0.39 is 15.9 Å². The van der Waals surface area contributed by atoms with Gasteiger partial charge in [-0.3, -0.25) is 9.59 Å². The van der Waals surface area contributed by atoms with Gasteiger partial charge in [0.1, 0.15) is 0 Å². The van der Waals surface area contributed by atoms with E-state index >= 15 is 0 Å². The van der Waals surface area contributed by atoms with Crippen LogP contribution in [0, 0.1) is 0 Å². The molecular formula is C22H27N3O4S. The fourth-order valence-corrected chi connectivity index (χ4v) is 4.74. The highest BCUT2D eigenvalue weighted by molar-refractivity contribution is 7.89. The Kier molecular flexibility index (Phi) is 6.89. The summed E-state index contributed by atoms with van der Waals surface area (Å²) < 4.78 is 28.0. The Balaban J connectivity index is 1.68. The van der Waals surface area contributed by atoms with Crippen LogP contribution in [0.4, 0.5) is 5.69 Å². The van der Waals surface area contributed by atoms with E-state index in [1.165, 1.54) is 12.1 Å². The summed E-state index contributed by atoms with van der Waals surface area (Å²) in [5, 5.41) is 5.53. The Morgan fingerprint density at radius 1 is 0.933 bits per heavy atom. The van der Waals surface area contributed by atoms with Gasteiger partial charge in [0, 0.05) is 28.9 Å². The first-order valence-electron chi connectivity index (χ1n) is 10.1. The maximum Gasteiger partial charge on any atom is 0.255 e. The summed E-state index contributed by atoms with van der Waals surface area (Å²) in [6, 6.07) is 12.5. The van der Waals surface area contributed by atoms with Crippen molar-refractivity contribution in [2.75, 3.05) is 5.32 Å². The Bertz CT molecular complexity index is 1010. The minimum atomic E-state index is -3.67. The molecule has 8 heteroatoms. The monoisotopic (exact) mass is 429 g/mol. The van der Waals surface area contributed by atoms with Crippen LogP contribution >= 0.6 is 0 Å². The molecule has 30 heavy (non-hydrogen) atoms. The highest BCUT2D eigenvalue weighted by Crippen LogP contribution is 2.21. The van der Waals surface area contributed by atoms with Crippen LogP contribution in [-0.2, 0) is 10.0 Å². The largest absolute Gasteiger partial charge is 0.350 e. The number of sulfonamides is 1. The minimum absolute atomic E-state index is 0.0311. The molecule has 3 rings (SSSR count). The lowest BCUT2D eigenvalue weighted by molar-refractivity contribution is 0.0942. The summed E-state index contributed by atoms with van der Waals surface area (Å²) in [7, 11) is -3.67. The number of carbonyl (C=O) groups is 2. The van der Waals surface area contributed by atoms with Crippen molar-refractivity contribution in [3.05, 3.63) is 59.7 Å². The fourth-order valence-electron chi connectivity index (χ4n) is 3.39. The van der Waals surface area contributed by atoms with Crippen molar-refractivity contribution in [1.82, 2.24) is 10.0 Å². The number of hydrogen-bond donors (Lipinski definition) is 3. The van der Waals surface area contributed by atoms with Crippen LogP contribution in [-0.4, -0.2) is 32.3 Å². The number of nitrogens with one attached hydrogen (secondary N) is 3. The SMILES string of the molecule is CC(C)NC(=O)c1ccc(NC(=O)c2cccc(S(=O)(=O)NC3CCCC3)c2)cc1. The van der Waals surface area contributed by atoms with Crippen LogP contribution in [0.1, 0.15) is 60.2 Å². The zero-order chi connectivity index (χ0) is 21.7. The molecule has 0 bridgehead atoms. The van der Waals surface area contributed by atoms with Crippen molar-refractivity contribution in [2.24, 2.45) is 0 Å². The van der Waals surface area contributed by atoms with Crippen LogP contribution in [0.5, 0.6) is 0 Å². The fraction of sp³-hybridized carbons (Fsp3) is 0.364. The zero-order valence-corrected chi connectivity index (χ0v) is 18.0. The Labute approximate surface area is 177 Å². The normalized spacial score (nSPS) is 14.6. The molecule has 0 unspecified atom stereocenters. The molecule has 0 aliphatic heterocycles. The lowest BCUT2D eigenvalue weighted by atomic mass is 10.1. The summed E-state index contributed by atoms with van der Waals surface area (Å²) in [6.07, 6.45) is 3.72. The van der Waals surface area contributed by atoms with E-state index in [1.807, 2.05) is 13.8 Å². The third-order valence-electron chi connectivity index (χ3n) is 4.91. The second kappa shape index (κ2) is 9.40. The molecule has 7 nitrogen and oxygen atoms in total. The molecule has 2 amide bonds. The molecule has 1 aliphatic carbocycles. The third kappa shape index (κ3) is 5.67. The molecule has 0 aromatic heterocycles. The first kappa shape index (κ1) is 22.0. The molecule has 0 radical (unpaired) electrons. The van der Waals surface area contributed by atoms with Crippen molar-refractivity contribution in [1.29, 1.82) is 0 Å². The summed E-state index contributed by atoms with van der Waals surface area (Å²) in [4.78, 5) is 24.7. The number of rotatable bonds is 7. The minimum Gasteiger partial charge on any atom is -0.350 e. The van der Waals surface area contributed by atoms with Gasteiger partial charge in [0.25, 0.3) is 11.8 Å². The Morgan fingerprint density at radius 3 is 2.23 bits per heavy atom. The molecule has 1 saturated carbocycles. The predicted molar refractivity (Wildman–Crippen MR) is 116 cm³/mol. The summed E-state index contributed by atoms with van der Waals surface area (Å²) in [5.41, 5.74) is 1.25. The van der Waals surface area contributed by atoms with Gasteiger partial charge in [-0.1, -0.05) is 18.9 Å². The number of benzene rings is 2. The summed E-state index contributed by atoms with van der Waals surface area (Å²) >= 11 is 0. The zero-order valence-electron chi connectivity index (χ0n) is 17.1.